The van der Waals surface area contributed by atoms with E-state index >= 15 is 0 Å². The summed E-state index contributed by atoms with van der Waals surface area (Å²) in [7, 11) is 4.54. The molecular weight excluding hydrogens is 430 g/mol. The second-order valence-corrected chi connectivity index (χ2v) is 7.04. The number of anilines is 1. The number of aromatic nitrogens is 3. The Kier molecular flexibility index (Phi) is 7.29. The quantitative estimate of drug-likeness (QED) is 0.495. The first kappa shape index (κ1) is 22.3. The number of amides is 1. The molecule has 0 spiro atoms. The van der Waals surface area contributed by atoms with E-state index in [4.69, 9.17) is 14.2 Å². The van der Waals surface area contributed by atoms with Crippen molar-refractivity contribution in [2.24, 2.45) is 0 Å². The van der Waals surface area contributed by atoms with E-state index in [2.05, 4.69) is 15.4 Å². The zero-order valence-corrected chi connectivity index (χ0v) is 17.8. The van der Waals surface area contributed by atoms with Gasteiger partial charge in [-0.1, -0.05) is 0 Å². The summed E-state index contributed by atoms with van der Waals surface area (Å²) >= 11 is 0.215. The topological polar surface area (TPSA) is 87.5 Å². The number of benzene rings is 1. The molecule has 0 aliphatic rings. The number of thioether (sulfide) groups is 1. The number of hydrogen-bond acceptors (Lipinski definition) is 7. The SMILES string of the molecule is COc1ccc(Cn2nccc2NC(=O)c2cccnc2SC(F)F)c(OC)c1OC. The Morgan fingerprint density at radius 3 is 2.55 bits per heavy atom. The van der Waals surface area contributed by atoms with E-state index in [0.717, 1.165) is 5.56 Å². The van der Waals surface area contributed by atoms with Crippen LogP contribution in [-0.2, 0) is 6.54 Å². The van der Waals surface area contributed by atoms with Crippen LogP contribution in [-0.4, -0.2) is 47.8 Å². The lowest BCUT2D eigenvalue weighted by atomic mass is 10.1. The average molecular weight is 450 g/mol. The van der Waals surface area contributed by atoms with Crippen LogP contribution in [0.1, 0.15) is 15.9 Å². The van der Waals surface area contributed by atoms with Crippen LogP contribution in [0.25, 0.3) is 0 Å². The molecule has 1 N–H and O–H groups in total. The molecule has 0 fully saturated rings. The van der Waals surface area contributed by atoms with Crippen LogP contribution in [0.5, 0.6) is 17.2 Å². The first-order valence-electron chi connectivity index (χ1n) is 8.99. The Morgan fingerprint density at radius 1 is 1.10 bits per heavy atom. The predicted molar refractivity (Wildman–Crippen MR) is 111 cm³/mol. The van der Waals surface area contributed by atoms with Crippen LogP contribution in [0.2, 0.25) is 0 Å². The molecule has 1 aromatic carbocycles. The summed E-state index contributed by atoms with van der Waals surface area (Å²) in [5, 5.41) is 6.88. The Balaban J connectivity index is 1.86. The number of carbonyl (C=O) groups is 1. The fourth-order valence-corrected chi connectivity index (χ4v) is 3.52. The van der Waals surface area contributed by atoms with Gasteiger partial charge in [-0.2, -0.15) is 13.9 Å². The van der Waals surface area contributed by atoms with Gasteiger partial charge in [0.05, 0.1) is 39.6 Å². The molecule has 0 aliphatic heterocycles. The minimum Gasteiger partial charge on any atom is -0.493 e. The van der Waals surface area contributed by atoms with E-state index in [-0.39, 0.29) is 28.9 Å². The maximum absolute atomic E-state index is 12.8. The Morgan fingerprint density at radius 2 is 1.87 bits per heavy atom. The van der Waals surface area contributed by atoms with Gasteiger partial charge in [-0.25, -0.2) is 9.67 Å². The lowest BCUT2D eigenvalue weighted by Crippen LogP contribution is -2.17. The van der Waals surface area contributed by atoms with Crippen LogP contribution in [0, 0.1) is 0 Å². The lowest BCUT2D eigenvalue weighted by Gasteiger charge is -2.17. The highest BCUT2D eigenvalue weighted by atomic mass is 32.2. The molecule has 0 saturated carbocycles. The summed E-state index contributed by atoms with van der Waals surface area (Å²) in [6.45, 7) is 0.248. The molecule has 1 amide bonds. The number of alkyl halides is 2. The number of ether oxygens (including phenoxy) is 3. The van der Waals surface area contributed by atoms with Gasteiger partial charge in [0, 0.05) is 17.8 Å². The summed E-state index contributed by atoms with van der Waals surface area (Å²) < 4.78 is 43.3. The number of hydrogen-bond donors (Lipinski definition) is 1. The molecule has 0 saturated heterocycles. The van der Waals surface area contributed by atoms with Gasteiger partial charge in [0.1, 0.15) is 10.8 Å². The fraction of sp³-hybridized carbons (Fsp3) is 0.250. The van der Waals surface area contributed by atoms with E-state index < -0.39 is 11.7 Å². The van der Waals surface area contributed by atoms with Crippen LogP contribution >= 0.6 is 11.8 Å². The van der Waals surface area contributed by atoms with Gasteiger partial charge in [0.2, 0.25) is 5.75 Å². The molecule has 8 nitrogen and oxygen atoms in total. The number of halogens is 2. The van der Waals surface area contributed by atoms with Gasteiger partial charge in [0.25, 0.3) is 11.7 Å². The van der Waals surface area contributed by atoms with Gasteiger partial charge in [-0.05, 0) is 36.0 Å². The van der Waals surface area contributed by atoms with Crippen molar-refractivity contribution < 1.29 is 27.8 Å². The third-order valence-corrected chi connectivity index (χ3v) is 5.01. The van der Waals surface area contributed by atoms with E-state index in [1.165, 1.54) is 50.5 Å². The lowest BCUT2D eigenvalue weighted by molar-refractivity contribution is 0.102. The first-order chi connectivity index (χ1) is 15.0. The minimum atomic E-state index is -2.69. The molecule has 3 aromatic rings. The molecule has 11 heteroatoms. The highest BCUT2D eigenvalue weighted by Crippen LogP contribution is 2.40. The van der Waals surface area contributed by atoms with Gasteiger partial charge in [0.15, 0.2) is 11.5 Å². The summed E-state index contributed by atoms with van der Waals surface area (Å²) in [5.41, 5.74) is 0.777. The van der Waals surface area contributed by atoms with E-state index in [9.17, 15) is 13.6 Å². The van der Waals surface area contributed by atoms with E-state index in [1.54, 1.807) is 18.2 Å². The van der Waals surface area contributed by atoms with Crippen LogP contribution in [0.15, 0.2) is 47.8 Å². The monoisotopic (exact) mass is 450 g/mol. The second kappa shape index (κ2) is 10.1. The molecule has 0 radical (unpaired) electrons. The smallest absolute Gasteiger partial charge is 0.290 e. The standard InChI is InChI=1S/C20H20F2N4O4S/c1-28-14-7-6-12(16(29-2)17(14)30-3)11-26-15(8-10-24-26)25-18(27)13-5-4-9-23-19(13)31-20(21)22/h4-10,20H,11H2,1-3H3,(H,25,27). The molecule has 0 bridgehead atoms. The fourth-order valence-electron chi connectivity index (χ4n) is 2.94. The third-order valence-electron chi connectivity index (χ3n) is 4.28. The van der Waals surface area contributed by atoms with Crippen molar-refractivity contribution in [1.29, 1.82) is 0 Å². The van der Waals surface area contributed by atoms with Crippen molar-refractivity contribution >= 4 is 23.5 Å². The van der Waals surface area contributed by atoms with E-state index in [0.29, 0.717) is 23.1 Å². The molecule has 31 heavy (non-hydrogen) atoms. The third kappa shape index (κ3) is 5.05. The normalized spacial score (nSPS) is 10.8. The van der Waals surface area contributed by atoms with Crippen LogP contribution < -0.4 is 19.5 Å². The number of nitrogens with zero attached hydrogens (tertiary/aromatic N) is 3. The minimum absolute atomic E-state index is 0.0456. The second-order valence-electron chi connectivity index (χ2n) is 6.06. The number of nitrogens with one attached hydrogen (secondary N) is 1. The summed E-state index contributed by atoms with van der Waals surface area (Å²) in [6, 6.07) is 8.08. The van der Waals surface area contributed by atoms with Crippen LogP contribution in [0.4, 0.5) is 14.6 Å². The van der Waals surface area contributed by atoms with Crippen molar-refractivity contribution in [1.82, 2.24) is 14.8 Å². The van der Waals surface area contributed by atoms with Crippen LogP contribution in [0.3, 0.4) is 0 Å². The van der Waals surface area contributed by atoms with Crippen molar-refractivity contribution in [3.8, 4) is 17.2 Å². The molecule has 0 aliphatic carbocycles. The Bertz CT molecular complexity index is 1060. The molecule has 0 unspecified atom stereocenters. The molecular formula is C20H20F2N4O4S. The molecule has 2 aromatic heterocycles. The van der Waals surface area contributed by atoms with Crippen molar-refractivity contribution in [3.63, 3.8) is 0 Å². The molecule has 3 rings (SSSR count). The summed E-state index contributed by atoms with van der Waals surface area (Å²) in [6.07, 6.45) is 2.87. The number of carbonyl (C=O) groups excluding carboxylic acids is 1. The number of pyridine rings is 1. The number of methoxy groups -OCH3 is 3. The zero-order valence-electron chi connectivity index (χ0n) is 17.0. The van der Waals surface area contributed by atoms with Gasteiger partial charge in [-0.3, -0.25) is 4.79 Å². The molecule has 164 valence electrons. The largest absolute Gasteiger partial charge is 0.493 e. The summed E-state index contributed by atoms with van der Waals surface area (Å²) in [5.74, 6) is -1.47. The Hall–Kier alpha value is -3.34. The van der Waals surface area contributed by atoms with Crippen molar-refractivity contribution in [3.05, 3.63) is 53.9 Å². The Labute approximate surface area is 181 Å². The maximum Gasteiger partial charge on any atom is 0.290 e. The van der Waals surface area contributed by atoms with E-state index in [1.807, 2.05) is 0 Å². The van der Waals surface area contributed by atoms with Gasteiger partial charge < -0.3 is 19.5 Å². The zero-order chi connectivity index (χ0) is 22.4. The molecule has 2 heterocycles. The van der Waals surface area contributed by atoms with Gasteiger partial charge in [-0.15, -0.1) is 0 Å². The molecule has 0 atom stereocenters. The summed E-state index contributed by atoms with van der Waals surface area (Å²) in [4.78, 5) is 16.6. The van der Waals surface area contributed by atoms with Crippen molar-refractivity contribution in [2.45, 2.75) is 17.3 Å². The maximum atomic E-state index is 12.8. The highest BCUT2D eigenvalue weighted by molar-refractivity contribution is 7.99. The average Bonchev–Trinajstić information content (AvgIpc) is 3.19. The predicted octanol–water partition coefficient (Wildman–Crippen LogP) is 3.92. The van der Waals surface area contributed by atoms with Gasteiger partial charge >= 0.3 is 0 Å². The first-order valence-corrected chi connectivity index (χ1v) is 9.87. The number of rotatable bonds is 9. The van der Waals surface area contributed by atoms with Crippen molar-refractivity contribution in [2.75, 3.05) is 26.6 Å². The highest BCUT2D eigenvalue weighted by Gasteiger charge is 2.20.